The average Bonchev–Trinajstić information content (AvgIpc) is 3.18. The van der Waals surface area contributed by atoms with Crippen molar-refractivity contribution < 1.29 is 58.8 Å². The van der Waals surface area contributed by atoms with Crippen molar-refractivity contribution in [1.82, 2.24) is 31.9 Å². The van der Waals surface area contributed by atoms with Gasteiger partial charge < -0.3 is 52.3 Å². The van der Waals surface area contributed by atoms with Crippen molar-refractivity contribution >= 4 is 70.6 Å². The van der Waals surface area contributed by atoms with E-state index in [1.54, 1.807) is 24.3 Å². The second-order valence-corrected chi connectivity index (χ2v) is 13.5. The van der Waals surface area contributed by atoms with Crippen LogP contribution in [0.1, 0.15) is 66.4 Å². The Balaban J connectivity index is 0.000000320. The largest absolute Gasteiger partial charge is 0.508 e. The molecule has 60 heavy (non-hydrogen) atoms. The average molecular weight is 868 g/mol. The van der Waals surface area contributed by atoms with Crippen molar-refractivity contribution in [3.63, 3.8) is 0 Å². The summed E-state index contributed by atoms with van der Waals surface area (Å²) in [5.74, 6) is -5.76. The molecule has 0 bridgehead atoms. The van der Waals surface area contributed by atoms with Gasteiger partial charge in [0.1, 0.15) is 23.6 Å². The molecule has 0 saturated carbocycles. The summed E-state index contributed by atoms with van der Waals surface area (Å²) >= 11 is 12.2. The highest BCUT2D eigenvalue weighted by atomic mass is 35.5. The van der Waals surface area contributed by atoms with Crippen LogP contribution in [-0.2, 0) is 32.3 Å². The van der Waals surface area contributed by atoms with E-state index < -0.39 is 59.5 Å². The smallest absolute Gasteiger partial charge is 0.328 e. The van der Waals surface area contributed by atoms with E-state index >= 15 is 0 Å². The van der Waals surface area contributed by atoms with Crippen LogP contribution in [0.3, 0.4) is 0 Å². The third-order valence-electron chi connectivity index (χ3n) is 8.00. The lowest BCUT2D eigenvalue weighted by molar-refractivity contribution is -0.140. The van der Waals surface area contributed by atoms with Gasteiger partial charge in [0.2, 0.25) is 11.8 Å². The number of aromatic hydroxyl groups is 2. The quantitative estimate of drug-likeness (QED) is 0.0778. The van der Waals surface area contributed by atoms with Crippen LogP contribution < -0.4 is 31.9 Å². The molecule has 20 heteroatoms. The molecule has 316 valence electrons. The third-order valence-corrected chi connectivity index (χ3v) is 8.62. The van der Waals surface area contributed by atoms with Crippen LogP contribution in [0.5, 0.6) is 11.5 Å². The molecule has 2 atom stereocenters. The number of phenols is 2. The molecule has 6 amide bonds. The molecule has 0 radical (unpaired) electrons. The fraction of sp³-hybridized carbons (Fsp3) is 0.200. The van der Waals surface area contributed by atoms with Crippen LogP contribution in [0, 0.1) is 0 Å². The van der Waals surface area contributed by atoms with Gasteiger partial charge >= 0.3 is 11.9 Å². The van der Waals surface area contributed by atoms with E-state index in [1.165, 1.54) is 74.5 Å². The van der Waals surface area contributed by atoms with Crippen molar-refractivity contribution in [3.05, 3.63) is 128 Å². The summed E-state index contributed by atoms with van der Waals surface area (Å²) in [7, 11) is 0. The molecule has 0 fully saturated rings. The first-order valence-electron chi connectivity index (χ1n) is 17.6. The highest BCUT2D eigenvalue weighted by Crippen LogP contribution is 2.20. The standard InChI is InChI=1S/2C20H20ClN3O6/c2*1-11(25)22-10-17(20(29)30)24-19(28)15-6-5-13(8-16(15)21)18(27)23-9-12-3-2-4-14(26)7-12/h2*2-8,17,26H,9-10H2,1H3,(H,22,25)(H,23,27)(H,24,28)(H,29,30)/t2*17-/m00/s1. The lowest BCUT2D eigenvalue weighted by Gasteiger charge is -2.15. The Morgan fingerprint density at radius 1 is 0.517 bits per heavy atom. The molecule has 0 heterocycles. The maximum absolute atomic E-state index is 12.4. The van der Waals surface area contributed by atoms with Gasteiger partial charge in [0.05, 0.1) is 21.2 Å². The molecule has 0 aliphatic carbocycles. The number of phenolic OH excluding ortho intramolecular Hbond substituents is 2. The molecule has 4 aromatic rings. The number of benzene rings is 4. The fourth-order valence-electron chi connectivity index (χ4n) is 4.95. The third kappa shape index (κ3) is 15.3. The number of hydrogen-bond acceptors (Lipinski definition) is 10. The van der Waals surface area contributed by atoms with E-state index in [9.17, 15) is 58.8 Å². The number of hydrogen-bond donors (Lipinski definition) is 10. The number of amides is 6. The van der Waals surface area contributed by atoms with Gasteiger partial charge in [-0.1, -0.05) is 47.5 Å². The summed E-state index contributed by atoms with van der Waals surface area (Å²) in [5, 5.41) is 51.7. The van der Waals surface area contributed by atoms with E-state index in [0.717, 1.165) is 0 Å². The maximum atomic E-state index is 12.4. The molecular weight excluding hydrogens is 827 g/mol. The fourth-order valence-corrected chi connectivity index (χ4v) is 5.48. The zero-order valence-electron chi connectivity index (χ0n) is 31.9. The zero-order valence-corrected chi connectivity index (χ0v) is 33.4. The zero-order chi connectivity index (χ0) is 44.5. The van der Waals surface area contributed by atoms with Crippen LogP contribution in [0.2, 0.25) is 10.0 Å². The van der Waals surface area contributed by atoms with Gasteiger partial charge in [0.15, 0.2) is 0 Å². The Hall–Kier alpha value is -7.18. The number of carbonyl (C=O) groups excluding carboxylic acids is 6. The lowest BCUT2D eigenvalue weighted by Crippen LogP contribution is -2.48. The van der Waals surface area contributed by atoms with Gasteiger partial charge in [-0.2, -0.15) is 0 Å². The Morgan fingerprint density at radius 3 is 1.18 bits per heavy atom. The van der Waals surface area contributed by atoms with Crippen molar-refractivity contribution in [1.29, 1.82) is 0 Å². The van der Waals surface area contributed by atoms with Crippen LogP contribution in [-0.4, -0.2) is 93.0 Å². The summed E-state index contributed by atoms with van der Waals surface area (Å²) < 4.78 is 0. The number of aliphatic carboxylic acids is 2. The van der Waals surface area contributed by atoms with Gasteiger partial charge in [0.25, 0.3) is 23.6 Å². The molecule has 0 spiro atoms. The van der Waals surface area contributed by atoms with Gasteiger partial charge in [-0.15, -0.1) is 0 Å². The minimum atomic E-state index is -1.34. The summed E-state index contributed by atoms with van der Waals surface area (Å²) in [6.45, 7) is 2.23. The second kappa shape index (κ2) is 22.7. The van der Waals surface area contributed by atoms with Crippen molar-refractivity contribution in [3.8, 4) is 11.5 Å². The van der Waals surface area contributed by atoms with Crippen LogP contribution in [0.4, 0.5) is 0 Å². The van der Waals surface area contributed by atoms with Gasteiger partial charge in [-0.25, -0.2) is 9.59 Å². The van der Waals surface area contributed by atoms with E-state index in [4.69, 9.17) is 23.2 Å². The summed E-state index contributed by atoms with van der Waals surface area (Å²) in [5.41, 5.74) is 1.76. The van der Waals surface area contributed by atoms with E-state index in [2.05, 4.69) is 31.9 Å². The molecule has 18 nitrogen and oxygen atoms in total. The number of carboxylic acids is 2. The van der Waals surface area contributed by atoms with Crippen molar-refractivity contribution in [2.24, 2.45) is 0 Å². The van der Waals surface area contributed by atoms with Crippen molar-refractivity contribution in [2.75, 3.05) is 13.1 Å². The minimum absolute atomic E-state index is 0.0183. The molecule has 10 N–H and O–H groups in total. The number of carbonyl (C=O) groups is 8. The molecule has 0 aliphatic heterocycles. The van der Waals surface area contributed by atoms with Gasteiger partial charge in [0, 0.05) is 51.2 Å². The maximum Gasteiger partial charge on any atom is 0.328 e. The Bertz CT molecular complexity index is 2110. The molecule has 0 unspecified atom stereocenters. The minimum Gasteiger partial charge on any atom is -0.508 e. The normalized spacial score (nSPS) is 11.3. The summed E-state index contributed by atoms with van der Waals surface area (Å²) in [6, 6.07) is 18.1. The molecule has 0 saturated heterocycles. The highest BCUT2D eigenvalue weighted by Gasteiger charge is 2.24. The first-order valence-corrected chi connectivity index (χ1v) is 18.4. The number of rotatable bonds is 16. The topological polar surface area (TPSA) is 290 Å². The summed E-state index contributed by atoms with van der Waals surface area (Å²) in [4.78, 5) is 93.7. The van der Waals surface area contributed by atoms with E-state index in [0.29, 0.717) is 11.1 Å². The Morgan fingerprint density at radius 2 is 0.883 bits per heavy atom. The van der Waals surface area contributed by atoms with Crippen LogP contribution in [0.25, 0.3) is 0 Å². The van der Waals surface area contributed by atoms with E-state index in [-0.39, 0.29) is 70.0 Å². The predicted molar refractivity (Wildman–Crippen MR) is 217 cm³/mol. The van der Waals surface area contributed by atoms with Crippen molar-refractivity contribution in [2.45, 2.75) is 39.0 Å². The first-order chi connectivity index (χ1) is 28.3. The lowest BCUT2D eigenvalue weighted by atomic mass is 10.1. The van der Waals surface area contributed by atoms with E-state index in [1.807, 2.05) is 0 Å². The SMILES string of the molecule is CC(=O)NC[C@H](NC(=O)c1ccc(C(=O)NCc2cccc(O)c2)cc1Cl)C(=O)O.CC(=O)NC[C@H](NC(=O)c1ccc(C(=O)NCc2cccc(O)c2)cc1Cl)C(=O)O. The molecule has 0 aromatic heterocycles. The Labute approximate surface area is 352 Å². The number of halogens is 2. The van der Waals surface area contributed by atoms with Gasteiger partial charge in [-0.3, -0.25) is 28.8 Å². The van der Waals surface area contributed by atoms with Crippen LogP contribution >= 0.6 is 23.2 Å². The molecule has 4 rings (SSSR count). The summed E-state index contributed by atoms with van der Waals surface area (Å²) in [6.07, 6.45) is 0. The first kappa shape index (κ1) is 47.2. The molecular formula is C40H40Cl2N6O12. The van der Waals surface area contributed by atoms with Gasteiger partial charge in [-0.05, 0) is 71.8 Å². The van der Waals surface area contributed by atoms with Crippen LogP contribution in [0.15, 0.2) is 84.9 Å². The predicted octanol–water partition coefficient (Wildman–Crippen LogP) is 2.59. The second-order valence-electron chi connectivity index (χ2n) is 12.7. The highest BCUT2D eigenvalue weighted by molar-refractivity contribution is 6.34. The number of carboxylic acid groups (broad SMARTS) is 2. The Kier molecular flexibility index (Phi) is 17.8. The molecule has 4 aromatic carbocycles. The number of nitrogens with one attached hydrogen (secondary N) is 6. The molecule has 0 aliphatic rings. The monoisotopic (exact) mass is 866 g/mol.